The van der Waals surface area contributed by atoms with Gasteiger partial charge in [-0.25, -0.2) is 9.37 Å². The van der Waals surface area contributed by atoms with E-state index >= 15 is 0 Å². The summed E-state index contributed by atoms with van der Waals surface area (Å²) in [6.45, 7) is 1.67. The number of halogens is 1. The first-order valence-electron chi connectivity index (χ1n) is 12.6. The lowest BCUT2D eigenvalue weighted by Crippen LogP contribution is -2.38. The molecule has 0 saturated heterocycles. The van der Waals surface area contributed by atoms with E-state index in [1.165, 1.54) is 0 Å². The van der Waals surface area contributed by atoms with Crippen molar-refractivity contribution in [3.8, 4) is 5.69 Å². The maximum Gasteiger partial charge on any atom is 0.137 e. The minimum atomic E-state index is -1.05. The Balaban J connectivity index is 1.09. The second-order valence-corrected chi connectivity index (χ2v) is 9.78. The highest BCUT2D eigenvalue weighted by atomic mass is 19.1. The number of nitrogens with one attached hydrogen (secondary N) is 3. The van der Waals surface area contributed by atoms with Crippen LogP contribution in [0.3, 0.4) is 0 Å². The normalized spacial score (nSPS) is 17.4. The van der Waals surface area contributed by atoms with Gasteiger partial charge in [-0.05, 0) is 42.7 Å². The van der Waals surface area contributed by atoms with Gasteiger partial charge in [0.2, 0.25) is 0 Å². The molecule has 1 fully saturated rings. The van der Waals surface area contributed by atoms with Gasteiger partial charge in [-0.15, -0.1) is 5.53 Å². The zero-order valence-electron chi connectivity index (χ0n) is 20.2. The van der Waals surface area contributed by atoms with Crippen molar-refractivity contribution in [2.24, 2.45) is 0 Å². The molecule has 0 amide bonds. The van der Waals surface area contributed by atoms with E-state index < -0.39 is 5.67 Å². The molecule has 5 heterocycles. The van der Waals surface area contributed by atoms with Gasteiger partial charge in [0.1, 0.15) is 11.3 Å². The summed E-state index contributed by atoms with van der Waals surface area (Å²) < 4.78 is 18.9. The van der Waals surface area contributed by atoms with E-state index in [9.17, 15) is 4.39 Å². The molecule has 0 unspecified atom stereocenters. The van der Waals surface area contributed by atoms with Gasteiger partial charge >= 0.3 is 0 Å². The number of pyridine rings is 2. The van der Waals surface area contributed by atoms with Crippen molar-refractivity contribution in [2.45, 2.75) is 50.9 Å². The van der Waals surface area contributed by atoms with Crippen LogP contribution >= 0.6 is 0 Å². The fourth-order valence-corrected chi connectivity index (χ4v) is 5.05. The number of hydrazine groups is 2. The van der Waals surface area contributed by atoms with Crippen molar-refractivity contribution in [1.29, 1.82) is 0 Å². The molecule has 2 aliphatic rings. The number of alkyl halides is 1. The fourth-order valence-electron chi connectivity index (χ4n) is 5.05. The molecule has 0 spiro atoms. The van der Waals surface area contributed by atoms with E-state index in [1.807, 2.05) is 69.4 Å². The number of rotatable bonds is 8. The van der Waals surface area contributed by atoms with Gasteiger partial charge in [-0.2, -0.15) is 0 Å². The molecule has 9 heteroatoms. The molecule has 1 aliphatic heterocycles. The molecule has 0 bridgehead atoms. The number of hydrogen-bond donors (Lipinski definition) is 3. The Morgan fingerprint density at radius 1 is 1.06 bits per heavy atom. The highest BCUT2D eigenvalue weighted by Crippen LogP contribution is 2.31. The number of aromatic nitrogens is 4. The summed E-state index contributed by atoms with van der Waals surface area (Å²) in [5.74, 6) is 0. The molecule has 6 rings (SSSR count). The van der Waals surface area contributed by atoms with Crippen LogP contribution in [0.5, 0.6) is 0 Å². The number of hydrogen-bond acceptors (Lipinski definition) is 6. The second kappa shape index (κ2) is 9.75. The summed E-state index contributed by atoms with van der Waals surface area (Å²) in [5, 5.41) is 5.29. The Kier molecular flexibility index (Phi) is 6.16. The monoisotopic (exact) mass is 486 g/mol. The van der Waals surface area contributed by atoms with Crippen LogP contribution in [0.2, 0.25) is 0 Å². The van der Waals surface area contributed by atoms with Crippen LogP contribution in [0.15, 0.2) is 73.7 Å². The van der Waals surface area contributed by atoms with Crippen LogP contribution in [-0.4, -0.2) is 36.2 Å². The molecule has 36 heavy (non-hydrogen) atoms. The van der Waals surface area contributed by atoms with Crippen molar-refractivity contribution in [1.82, 2.24) is 40.2 Å². The van der Waals surface area contributed by atoms with Gasteiger partial charge in [0.05, 0.1) is 29.8 Å². The van der Waals surface area contributed by atoms with Gasteiger partial charge in [-0.3, -0.25) is 9.99 Å². The van der Waals surface area contributed by atoms with E-state index in [1.54, 1.807) is 0 Å². The first-order valence-corrected chi connectivity index (χ1v) is 12.6. The molecule has 3 N–H and O–H groups in total. The molecule has 1 aliphatic carbocycles. The highest BCUT2D eigenvalue weighted by Gasteiger charge is 2.30. The highest BCUT2D eigenvalue weighted by molar-refractivity contribution is 5.65. The van der Waals surface area contributed by atoms with Crippen LogP contribution in [0.4, 0.5) is 4.39 Å². The minimum Gasteiger partial charge on any atom is -0.322 e. The van der Waals surface area contributed by atoms with Crippen LogP contribution in [0.1, 0.15) is 48.9 Å². The van der Waals surface area contributed by atoms with Gasteiger partial charge in [0.15, 0.2) is 0 Å². The van der Waals surface area contributed by atoms with Crippen LogP contribution in [0.25, 0.3) is 17.0 Å². The topological polar surface area (TPSA) is 74.5 Å². The lowest BCUT2D eigenvalue weighted by atomic mass is 9.86. The molecule has 8 nitrogen and oxygen atoms in total. The quantitative estimate of drug-likeness (QED) is 0.348. The Morgan fingerprint density at radius 2 is 1.92 bits per heavy atom. The van der Waals surface area contributed by atoms with E-state index in [-0.39, 0.29) is 0 Å². The first kappa shape index (κ1) is 22.8. The minimum absolute atomic E-state index is 0.423. The van der Waals surface area contributed by atoms with Crippen molar-refractivity contribution >= 4 is 11.3 Å². The average molecular weight is 487 g/mol. The maximum atomic E-state index is 14.8. The number of imidazole rings is 1. The van der Waals surface area contributed by atoms with Crippen LogP contribution in [0, 0.1) is 0 Å². The third-order valence-corrected chi connectivity index (χ3v) is 6.97. The number of nitrogens with zero attached hydrogens (tertiary/aromatic N) is 5. The standard InChI is InChI=1S/C27H31FN8/c28-27(8-2-1-3-9-27)20-30-13-21-6-7-26-31-23(17-35(26)16-21)18-36-19-25(32-33-36)22-12-24(15-29-14-22)34-10-4-5-11-34/h4-7,10-12,14-17,19,30,32-33H,1-3,8-9,13,18,20H2. The SMILES string of the molecule is FC1(CNCc2ccc3nc(CN4C=C(c5cncc(-n6cccc6)c5)NN4)cn3c2)CCCCC1. The van der Waals surface area contributed by atoms with Crippen molar-refractivity contribution in [3.05, 3.63) is 90.5 Å². The first-order chi connectivity index (χ1) is 17.6. The molecule has 4 aromatic rings. The predicted molar refractivity (Wildman–Crippen MR) is 137 cm³/mol. The van der Waals surface area contributed by atoms with Crippen LogP contribution in [-0.2, 0) is 13.1 Å². The molecule has 4 aromatic heterocycles. The molecule has 0 aromatic carbocycles. The van der Waals surface area contributed by atoms with Crippen molar-refractivity contribution in [3.63, 3.8) is 0 Å². The van der Waals surface area contributed by atoms with Gasteiger partial charge in [-0.1, -0.05) is 25.3 Å². The van der Waals surface area contributed by atoms with Crippen LogP contribution < -0.4 is 16.3 Å². The Hall–Kier alpha value is -3.69. The zero-order chi connectivity index (χ0) is 24.4. The molecular weight excluding hydrogens is 455 g/mol. The smallest absolute Gasteiger partial charge is 0.137 e. The molecule has 0 radical (unpaired) electrons. The zero-order valence-corrected chi connectivity index (χ0v) is 20.2. The van der Waals surface area contributed by atoms with Crippen molar-refractivity contribution < 1.29 is 4.39 Å². The predicted octanol–water partition coefficient (Wildman–Crippen LogP) is 4.11. The lowest BCUT2D eigenvalue weighted by Gasteiger charge is -2.29. The summed E-state index contributed by atoms with van der Waals surface area (Å²) in [4.78, 5) is 9.15. The average Bonchev–Trinajstić information content (AvgIpc) is 3.66. The molecule has 186 valence electrons. The van der Waals surface area contributed by atoms with E-state index in [0.717, 1.165) is 53.1 Å². The third kappa shape index (κ3) is 4.98. The summed E-state index contributed by atoms with van der Waals surface area (Å²) in [6.07, 6.45) is 18.3. The Morgan fingerprint density at radius 3 is 2.78 bits per heavy atom. The summed E-state index contributed by atoms with van der Waals surface area (Å²) in [6, 6.07) is 10.2. The fraction of sp³-hybridized carbons (Fsp3) is 0.333. The van der Waals surface area contributed by atoms with Gasteiger partial charge in [0, 0.05) is 55.8 Å². The lowest BCUT2D eigenvalue weighted by molar-refractivity contribution is 0.105. The largest absolute Gasteiger partial charge is 0.322 e. The molecule has 1 saturated carbocycles. The maximum absolute atomic E-state index is 14.8. The number of fused-ring (bicyclic) bond motifs is 1. The summed E-state index contributed by atoms with van der Waals surface area (Å²) in [5.41, 5.74) is 11.3. The van der Waals surface area contributed by atoms with Gasteiger partial charge in [0.25, 0.3) is 0 Å². The third-order valence-electron chi connectivity index (χ3n) is 6.97. The van der Waals surface area contributed by atoms with Crippen molar-refractivity contribution in [2.75, 3.05) is 6.54 Å². The Bertz CT molecular complexity index is 1350. The van der Waals surface area contributed by atoms with E-state index in [4.69, 9.17) is 4.98 Å². The second-order valence-electron chi connectivity index (χ2n) is 9.78. The van der Waals surface area contributed by atoms with E-state index in [2.05, 4.69) is 39.6 Å². The van der Waals surface area contributed by atoms with Gasteiger partial charge < -0.3 is 19.7 Å². The molecular formula is C27H31FN8. The summed E-state index contributed by atoms with van der Waals surface area (Å²) in [7, 11) is 0. The van der Waals surface area contributed by atoms with E-state index in [0.29, 0.717) is 32.5 Å². The molecule has 0 atom stereocenters. The summed E-state index contributed by atoms with van der Waals surface area (Å²) >= 11 is 0. The Labute approximate surface area is 209 Å².